The summed E-state index contributed by atoms with van der Waals surface area (Å²) in [7, 11) is 0. The van der Waals surface area contributed by atoms with E-state index in [-0.39, 0.29) is 11.2 Å². The average molecular weight is 216 g/mol. The molecule has 0 bridgehead atoms. The molecule has 0 radical (unpaired) electrons. The lowest BCUT2D eigenvalue weighted by Crippen LogP contribution is -2.14. The number of hydrogen-bond donors (Lipinski definition) is 1. The third-order valence-electron chi connectivity index (χ3n) is 2.14. The molecule has 82 valence electrons. The van der Waals surface area contributed by atoms with Gasteiger partial charge < -0.3 is 10.6 Å². The molecule has 2 N–H and O–H groups in total. The van der Waals surface area contributed by atoms with Crippen LogP contribution in [-0.4, -0.2) is 4.68 Å². The Kier molecular flexibility index (Phi) is 2.91. The van der Waals surface area contributed by atoms with Crippen LogP contribution in [0.2, 0.25) is 0 Å². The van der Waals surface area contributed by atoms with Gasteiger partial charge in [-0.15, -0.1) is 0 Å². The molecular formula is C12H12N2O2. The second-order valence-corrected chi connectivity index (χ2v) is 3.39. The molecule has 0 unspecified atom stereocenters. The molecule has 0 fully saturated rings. The van der Waals surface area contributed by atoms with Gasteiger partial charge in [0.2, 0.25) is 5.43 Å². The van der Waals surface area contributed by atoms with E-state index in [9.17, 15) is 4.79 Å². The highest BCUT2D eigenvalue weighted by Crippen LogP contribution is 2.05. The van der Waals surface area contributed by atoms with Gasteiger partial charge in [-0.2, -0.15) is 0 Å². The van der Waals surface area contributed by atoms with Crippen LogP contribution >= 0.6 is 0 Å². The predicted octanol–water partition coefficient (Wildman–Crippen LogP) is 1.14. The summed E-state index contributed by atoms with van der Waals surface area (Å²) >= 11 is 0. The highest BCUT2D eigenvalue weighted by Gasteiger charge is 2.00. The molecule has 1 aromatic heterocycles. The zero-order valence-electron chi connectivity index (χ0n) is 8.67. The normalized spacial score (nSPS) is 10.0. The van der Waals surface area contributed by atoms with Gasteiger partial charge in [-0.3, -0.25) is 9.47 Å². The third-order valence-corrected chi connectivity index (χ3v) is 2.14. The van der Waals surface area contributed by atoms with Crippen molar-refractivity contribution >= 4 is 0 Å². The van der Waals surface area contributed by atoms with Crippen LogP contribution in [-0.2, 0) is 6.61 Å². The molecule has 0 saturated heterocycles. The summed E-state index contributed by atoms with van der Waals surface area (Å²) in [4.78, 5) is 11.4. The van der Waals surface area contributed by atoms with Crippen molar-refractivity contribution in [1.29, 1.82) is 0 Å². The van der Waals surface area contributed by atoms with E-state index in [0.29, 0.717) is 6.61 Å². The van der Waals surface area contributed by atoms with Crippen LogP contribution < -0.4 is 16.0 Å². The maximum absolute atomic E-state index is 11.4. The number of aromatic nitrogens is 1. The minimum absolute atomic E-state index is 0.169. The second kappa shape index (κ2) is 4.53. The van der Waals surface area contributed by atoms with Crippen molar-refractivity contribution < 1.29 is 4.74 Å². The van der Waals surface area contributed by atoms with E-state index < -0.39 is 0 Å². The average Bonchev–Trinajstić information content (AvgIpc) is 2.32. The lowest BCUT2D eigenvalue weighted by molar-refractivity contribution is 0.301. The second-order valence-electron chi connectivity index (χ2n) is 3.39. The van der Waals surface area contributed by atoms with Crippen LogP contribution in [0, 0.1) is 0 Å². The molecule has 0 amide bonds. The maximum Gasteiger partial charge on any atom is 0.223 e. The largest absolute Gasteiger partial charge is 0.483 e. The van der Waals surface area contributed by atoms with Crippen molar-refractivity contribution in [2.75, 3.05) is 5.84 Å². The Bertz CT molecular complexity index is 520. The van der Waals surface area contributed by atoms with E-state index in [1.54, 1.807) is 0 Å². The number of pyridine rings is 1. The summed E-state index contributed by atoms with van der Waals surface area (Å²) < 4.78 is 6.68. The van der Waals surface area contributed by atoms with Gasteiger partial charge in [-0.05, 0) is 5.56 Å². The van der Waals surface area contributed by atoms with E-state index in [1.807, 2.05) is 30.3 Å². The van der Waals surface area contributed by atoms with E-state index in [1.165, 1.54) is 23.1 Å². The molecule has 0 atom stereocenters. The number of nitrogens with two attached hydrogens (primary N) is 1. The fourth-order valence-corrected chi connectivity index (χ4v) is 1.32. The summed E-state index contributed by atoms with van der Waals surface area (Å²) in [6.45, 7) is 0.361. The lowest BCUT2D eigenvalue weighted by Gasteiger charge is -2.06. The number of nitrogens with zero attached hydrogens (tertiary/aromatic N) is 1. The Hall–Kier alpha value is -2.23. The van der Waals surface area contributed by atoms with Gasteiger partial charge in [-0.25, -0.2) is 0 Å². The van der Waals surface area contributed by atoms with Gasteiger partial charge in [0.15, 0.2) is 5.75 Å². The quantitative estimate of drug-likeness (QED) is 0.783. The first-order valence-corrected chi connectivity index (χ1v) is 4.90. The van der Waals surface area contributed by atoms with E-state index in [0.717, 1.165) is 5.56 Å². The SMILES string of the molecule is Nn1ccc(=O)c(OCc2ccccc2)c1. The molecule has 1 heterocycles. The monoisotopic (exact) mass is 216 g/mol. The van der Waals surface area contributed by atoms with E-state index in [4.69, 9.17) is 10.6 Å². The summed E-state index contributed by atoms with van der Waals surface area (Å²) in [5.41, 5.74) is 0.840. The van der Waals surface area contributed by atoms with Crippen molar-refractivity contribution in [1.82, 2.24) is 4.68 Å². The van der Waals surface area contributed by atoms with Gasteiger partial charge in [-0.1, -0.05) is 30.3 Å². The molecule has 1 aromatic carbocycles. The first-order chi connectivity index (χ1) is 7.75. The molecule has 0 aliphatic heterocycles. The van der Waals surface area contributed by atoms with E-state index in [2.05, 4.69) is 0 Å². The Labute approximate surface area is 92.9 Å². The standard InChI is InChI=1S/C12H12N2O2/c13-14-7-6-11(15)12(8-14)16-9-10-4-2-1-3-5-10/h1-8H,9,13H2. The molecular weight excluding hydrogens is 204 g/mol. The number of ether oxygens (including phenoxy) is 1. The number of benzene rings is 1. The van der Waals surface area contributed by atoms with Gasteiger partial charge in [0, 0.05) is 12.3 Å². The summed E-state index contributed by atoms with van der Waals surface area (Å²) in [5.74, 6) is 5.75. The number of nitrogen functional groups attached to an aromatic ring is 1. The molecule has 0 spiro atoms. The van der Waals surface area contributed by atoms with Crippen molar-refractivity contribution in [3.05, 3.63) is 64.6 Å². The Morgan fingerprint density at radius 1 is 1.19 bits per heavy atom. The maximum atomic E-state index is 11.4. The number of rotatable bonds is 3. The first kappa shape index (κ1) is 10.3. The fraction of sp³-hybridized carbons (Fsp3) is 0.0833. The van der Waals surface area contributed by atoms with Crippen molar-refractivity contribution in [3.8, 4) is 5.75 Å². The van der Waals surface area contributed by atoms with Crippen LogP contribution in [0.3, 0.4) is 0 Å². The molecule has 4 nitrogen and oxygen atoms in total. The van der Waals surface area contributed by atoms with Crippen molar-refractivity contribution in [2.24, 2.45) is 0 Å². The zero-order chi connectivity index (χ0) is 11.4. The molecule has 0 aliphatic carbocycles. The minimum atomic E-state index is -0.169. The van der Waals surface area contributed by atoms with Crippen LogP contribution in [0.15, 0.2) is 53.6 Å². The van der Waals surface area contributed by atoms with Crippen molar-refractivity contribution in [3.63, 3.8) is 0 Å². The smallest absolute Gasteiger partial charge is 0.223 e. The lowest BCUT2D eigenvalue weighted by atomic mass is 10.2. The van der Waals surface area contributed by atoms with Gasteiger partial charge in [0.25, 0.3) is 0 Å². The predicted molar refractivity (Wildman–Crippen MR) is 61.6 cm³/mol. The Balaban J connectivity index is 2.11. The highest BCUT2D eigenvalue weighted by molar-refractivity contribution is 5.19. The van der Waals surface area contributed by atoms with Crippen LogP contribution in [0.25, 0.3) is 0 Å². The molecule has 2 rings (SSSR count). The van der Waals surface area contributed by atoms with Crippen LogP contribution in [0.4, 0.5) is 0 Å². The summed E-state index contributed by atoms with van der Waals surface area (Å²) in [5, 5.41) is 0. The molecule has 4 heteroatoms. The number of hydrogen-bond acceptors (Lipinski definition) is 3. The highest BCUT2D eigenvalue weighted by atomic mass is 16.5. The molecule has 16 heavy (non-hydrogen) atoms. The van der Waals surface area contributed by atoms with Gasteiger partial charge in [0.1, 0.15) is 6.61 Å². The van der Waals surface area contributed by atoms with Gasteiger partial charge >= 0.3 is 0 Å². The van der Waals surface area contributed by atoms with Crippen LogP contribution in [0.5, 0.6) is 5.75 Å². The Morgan fingerprint density at radius 2 is 1.94 bits per heavy atom. The third kappa shape index (κ3) is 2.42. The topological polar surface area (TPSA) is 57.2 Å². The minimum Gasteiger partial charge on any atom is -0.483 e. The molecule has 0 saturated carbocycles. The summed E-state index contributed by atoms with van der Waals surface area (Å²) in [6.07, 6.45) is 2.95. The first-order valence-electron chi connectivity index (χ1n) is 4.90. The Morgan fingerprint density at radius 3 is 2.69 bits per heavy atom. The van der Waals surface area contributed by atoms with Crippen LogP contribution in [0.1, 0.15) is 5.56 Å². The summed E-state index contributed by atoms with van der Waals surface area (Å²) in [6, 6.07) is 11.0. The van der Waals surface area contributed by atoms with E-state index >= 15 is 0 Å². The fourth-order valence-electron chi connectivity index (χ4n) is 1.32. The molecule has 0 aliphatic rings. The van der Waals surface area contributed by atoms with Gasteiger partial charge in [0.05, 0.1) is 6.20 Å². The molecule has 2 aromatic rings. The van der Waals surface area contributed by atoms with Crippen molar-refractivity contribution in [2.45, 2.75) is 6.61 Å². The zero-order valence-corrected chi connectivity index (χ0v) is 8.67.